The molecule has 0 aliphatic carbocycles. The summed E-state index contributed by atoms with van der Waals surface area (Å²) < 4.78 is 11.2. The van der Waals surface area contributed by atoms with Crippen molar-refractivity contribution in [2.24, 2.45) is 0 Å². The monoisotopic (exact) mass is 453 g/mol. The minimum Gasteiger partial charge on any atom is -0.419 e. The van der Waals surface area contributed by atoms with Crippen molar-refractivity contribution >= 4 is 28.6 Å². The van der Waals surface area contributed by atoms with E-state index >= 15 is 0 Å². The van der Waals surface area contributed by atoms with Crippen LogP contribution in [0.3, 0.4) is 0 Å². The molecule has 0 bridgehead atoms. The minimum absolute atomic E-state index is 0.121. The van der Waals surface area contributed by atoms with E-state index in [2.05, 4.69) is 20.3 Å². The highest BCUT2D eigenvalue weighted by Gasteiger charge is 2.27. The Labute approximate surface area is 190 Å². The molecule has 0 N–H and O–H groups in total. The van der Waals surface area contributed by atoms with E-state index in [-0.39, 0.29) is 24.4 Å². The number of amides is 1. The first-order valence-electron chi connectivity index (χ1n) is 10.4. The summed E-state index contributed by atoms with van der Waals surface area (Å²) in [5, 5.41) is 13.4. The summed E-state index contributed by atoms with van der Waals surface area (Å²) in [5.41, 5.74) is 2.89. The lowest BCUT2D eigenvalue weighted by atomic mass is 10.0. The van der Waals surface area contributed by atoms with Gasteiger partial charge >= 0.3 is 0 Å². The third-order valence-corrected chi connectivity index (χ3v) is 5.55. The number of halogens is 1. The third kappa shape index (κ3) is 4.10. The van der Waals surface area contributed by atoms with E-state index in [0.29, 0.717) is 44.7 Å². The molecular weight excluding hydrogens is 430 g/mol. The van der Waals surface area contributed by atoms with Crippen molar-refractivity contribution in [3.63, 3.8) is 0 Å². The van der Waals surface area contributed by atoms with Crippen LogP contribution in [0.1, 0.15) is 61.2 Å². The molecule has 0 spiro atoms. The van der Waals surface area contributed by atoms with Crippen molar-refractivity contribution in [2.75, 3.05) is 0 Å². The summed E-state index contributed by atoms with van der Waals surface area (Å²) in [7, 11) is 0. The van der Waals surface area contributed by atoms with Gasteiger partial charge in [0.15, 0.2) is 0 Å². The normalized spacial score (nSPS) is 11.6. The summed E-state index contributed by atoms with van der Waals surface area (Å²) in [6.45, 7) is 9.85. The first-order valence-corrected chi connectivity index (χ1v) is 10.8. The fourth-order valence-corrected chi connectivity index (χ4v) is 3.65. The van der Waals surface area contributed by atoms with Crippen LogP contribution in [0.25, 0.3) is 22.6 Å². The Bertz CT molecular complexity index is 1280. The highest BCUT2D eigenvalue weighted by molar-refractivity contribution is 6.33. The molecule has 8 nitrogen and oxygen atoms in total. The molecule has 0 fully saturated rings. The topological polar surface area (TPSA) is 98.2 Å². The van der Waals surface area contributed by atoms with Gasteiger partial charge in [0, 0.05) is 11.7 Å². The Kier molecular flexibility index (Phi) is 5.97. The highest BCUT2D eigenvalue weighted by Crippen LogP contribution is 2.29. The summed E-state index contributed by atoms with van der Waals surface area (Å²) in [6.07, 6.45) is 0. The van der Waals surface area contributed by atoms with Gasteiger partial charge in [-0.25, -0.2) is 4.98 Å². The molecule has 1 amide bonds. The predicted octanol–water partition coefficient (Wildman–Crippen LogP) is 5.41. The third-order valence-electron chi connectivity index (χ3n) is 5.22. The lowest BCUT2D eigenvalue weighted by Crippen LogP contribution is -2.36. The second-order valence-electron chi connectivity index (χ2n) is 8.21. The Morgan fingerprint density at radius 1 is 1.16 bits per heavy atom. The summed E-state index contributed by atoms with van der Waals surface area (Å²) >= 11 is 6.24. The van der Waals surface area contributed by atoms with E-state index in [1.807, 2.05) is 45.9 Å². The lowest BCUT2D eigenvalue weighted by molar-refractivity contribution is 0.0674. The molecule has 0 saturated heterocycles. The molecule has 0 unspecified atom stereocenters. The Morgan fingerprint density at radius 2 is 1.91 bits per heavy atom. The van der Waals surface area contributed by atoms with Crippen molar-refractivity contribution < 1.29 is 13.7 Å². The number of rotatable bonds is 6. The fraction of sp³-hybridized carbons (Fsp3) is 0.348. The maximum absolute atomic E-state index is 13.7. The number of fused-ring (bicyclic) bond motifs is 1. The van der Waals surface area contributed by atoms with Gasteiger partial charge in [0.1, 0.15) is 0 Å². The molecule has 1 aromatic carbocycles. The molecular formula is C23H24ClN5O3. The van der Waals surface area contributed by atoms with Crippen LogP contribution < -0.4 is 0 Å². The SMILES string of the molecule is Cc1noc2nc(C(C)C)cc(C(=O)N(Cc3nnc(-c4ccccc4Cl)o3)C(C)C)c12. The van der Waals surface area contributed by atoms with E-state index in [1.165, 1.54) is 0 Å². The molecule has 4 rings (SSSR count). The smallest absolute Gasteiger partial charge is 0.259 e. The molecule has 3 aromatic heterocycles. The van der Waals surface area contributed by atoms with Crippen LogP contribution in [0.5, 0.6) is 0 Å². The molecule has 0 atom stereocenters. The molecule has 4 aromatic rings. The van der Waals surface area contributed by atoms with Crippen molar-refractivity contribution in [1.82, 2.24) is 25.2 Å². The fourth-order valence-electron chi connectivity index (χ4n) is 3.43. The van der Waals surface area contributed by atoms with Crippen LogP contribution >= 0.6 is 11.6 Å². The summed E-state index contributed by atoms with van der Waals surface area (Å²) in [6, 6.07) is 8.93. The molecule has 0 saturated carbocycles. The molecule has 166 valence electrons. The predicted molar refractivity (Wildman–Crippen MR) is 120 cm³/mol. The Morgan fingerprint density at radius 3 is 2.59 bits per heavy atom. The number of benzene rings is 1. The number of carbonyl (C=O) groups excluding carboxylic acids is 1. The maximum atomic E-state index is 13.7. The molecule has 3 heterocycles. The molecule has 9 heteroatoms. The van der Waals surface area contributed by atoms with Gasteiger partial charge in [0.2, 0.25) is 11.8 Å². The van der Waals surface area contributed by atoms with Gasteiger partial charge in [-0.3, -0.25) is 4.79 Å². The number of nitrogens with zero attached hydrogens (tertiary/aromatic N) is 5. The standard InChI is InChI=1S/C23H24ClN5O3/c1-12(2)18-10-16(20-14(5)28-32-22(20)25-18)23(30)29(13(3)4)11-19-26-27-21(31-19)15-8-6-7-9-17(15)24/h6-10,12-13H,11H2,1-5H3. The molecule has 0 radical (unpaired) electrons. The van der Waals surface area contributed by atoms with Gasteiger partial charge in [-0.1, -0.05) is 42.7 Å². The molecule has 0 aliphatic rings. The zero-order valence-corrected chi connectivity index (χ0v) is 19.3. The zero-order chi connectivity index (χ0) is 23.0. The first-order chi connectivity index (χ1) is 15.3. The van der Waals surface area contributed by atoms with Crippen LogP contribution in [0.4, 0.5) is 0 Å². The van der Waals surface area contributed by atoms with Gasteiger partial charge in [-0.15, -0.1) is 10.2 Å². The number of aryl methyl sites for hydroxylation is 1. The van der Waals surface area contributed by atoms with Crippen LogP contribution in [0.2, 0.25) is 5.02 Å². The van der Waals surface area contributed by atoms with Crippen molar-refractivity contribution in [1.29, 1.82) is 0 Å². The maximum Gasteiger partial charge on any atom is 0.259 e. The second kappa shape index (κ2) is 8.70. The van der Waals surface area contributed by atoms with E-state index in [0.717, 1.165) is 5.69 Å². The van der Waals surface area contributed by atoms with E-state index < -0.39 is 0 Å². The van der Waals surface area contributed by atoms with Gasteiger partial charge in [0.25, 0.3) is 11.6 Å². The van der Waals surface area contributed by atoms with Gasteiger partial charge in [0.05, 0.1) is 33.8 Å². The average Bonchev–Trinajstić information content (AvgIpc) is 3.38. The van der Waals surface area contributed by atoms with Crippen molar-refractivity contribution in [2.45, 2.75) is 53.1 Å². The van der Waals surface area contributed by atoms with Crippen molar-refractivity contribution in [3.8, 4) is 11.5 Å². The summed E-state index contributed by atoms with van der Waals surface area (Å²) in [4.78, 5) is 19.9. The highest BCUT2D eigenvalue weighted by atomic mass is 35.5. The second-order valence-corrected chi connectivity index (χ2v) is 8.61. The Balaban J connectivity index is 1.70. The van der Waals surface area contributed by atoms with Gasteiger partial charge in [-0.2, -0.15) is 0 Å². The van der Waals surface area contributed by atoms with Crippen LogP contribution in [-0.4, -0.2) is 37.2 Å². The number of hydrogen-bond acceptors (Lipinski definition) is 7. The van der Waals surface area contributed by atoms with E-state index in [4.69, 9.17) is 20.5 Å². The Hall–Kier alpha value is -3.26. The zero-order valence-electron chi connectivity index (χ0n) is 18.6. The largest absolute Gasteiger partial charge is 0.419 e. The minimum atomic E-state index is -0.182. The molecule has 0 aliphatic heterocycles. The van der Waals surface area contributed by atoms with Crippen molar-refractivity contribution in [3.05, 3.63) is 58.2 Å². The number of hydrogen-bond donors (Lipinski definition) is 0. The average molecular weight is 454 g/mol. The van der Waals surface area contributed by atoms with Crippen LogP contribution in [0, 0.1) is 6.92 Å². The van der Waals surface area contributed by atoms with Crippen LogP contribution in [0.15, 0.2) is 39.3 Å². The number of aromatic nitrogens is 4. The quantitative estimate of drug-likeness (QED) is 0.385. The van der Waals surface area contributed by atoms with Gasteiger partial charge in [-0.05, 0) is 44.9 Å². The first kappa shape index (κ1) is 22.0. The lowest BCUT2D eigenvalue weighted by Gasteiger charge is -2.25. The number of pyridine rings is 1. The van der Waals surface area contributed by atoms with E-state index in [1.54, 1.807) is 24.0 Å². The molecule has 32 heavy (non-hydrogen) atoms. The van der Waals surface area contributed by atoms with Crippen LogP contribution in [-0.2, 0) is 6.54 Å². The van der Waals surface area contributed by atoms with E-state index in [9.17, 15) is 4.79 Å². The van der Waals surface area contributed by atoms with Gasteiger partial charge < -0.3 is 13.8 Å². The number of carbonyl (C=O) groups is 1. The summed E-state index contributed by atoms with van der Waals surface area (Å²) in [5.74, 6) is 0.569.